The highest BCUT2D eigenvalue weighted by Gasteiger charge is 2.63. The monoisotopic (exact) mass is 485 g/mol. The second-order valence-electron chi connectivity index (χ2n) is 9.01. The molecule has 1 spiro atoms. The fourth-order valence-electron chi connectivity index (χ4n) is 5.64. The second-order valence-corrected chi connectivity index (χ2v) is 9.86. The van der Waals surface area contributed by atoms with Crippen LogP contribution in [0.15, 0.2) is 16.1 Å². The van der Waals surface area contributed by atoms with Gasteiger partial charge in [0.1, 0.15) is 5.69 Å². The van der Waals surface area contributed by atoms with E-state index in [1.165, 1.54) is 11.3 Å². The molecule has 3 aliphatic rings. The molecule has 3 aliphatic heterocycles. The Labute approximate surface area is 196 Å². The Kier molecular flexibility index (Phi) is 4.40. The average Bonchev–Trinajstić information content (AvgIpc) is 3.37. The van der Waals surface area contributed by atoms with Crippen LogP contribution in [0.3, 0.4) is 0 Å². The van der Waals surface area contributed by atoms with Crippen molar-refractivity contribution in [2.75, 3.05) is 11.4 Å². The number of urea groups is 1. The summed E-state index contributed by atoms with van der Waals surface area (Å²) in [4.78, 5) is 45.1. The molecule has 2 aromatic heterocycles. The van der Waals surface area contributed by atoms with Gasteiger partial charge in [-0.1, -0.05) is 5.16 Å². The highest BCUT2D eigenvalue weighted by molar-refractivity contribution is 7.13. The van der Waals surface area contributed by atoms with Crippen LogP contribution >= 0.6 is 11.3 Å². The highest BCUT2D eigenvalue weighted by atomic mass is 32.1. The summed E-state index contributed by atoms with van der Waals surface area (Å²) < 4.78 is 27.5. The van der Waals surface area contributed by atoms with Gasteiger partial charge in [-0.2, -0.15) is 0 Å². The molecule has 0 saturated carbocycles. The van der Waals surface area contributed by atoms with Gasteiger partial charge in [-0.15, -0.1) is 11.3 Å². The molecule has 2 fully saturated rings. The van der Waals surface area contributed by atoms with Crippen molar-refractivity contribution in [2.24, 2.45) is 5.41 Å². The van der Waals surface area contributed by atoms with Crippen molar-refractivity contribution in [3.8, 4) is 10.6 Å². The summed E-state index contributed by atoms with van der Waals surface area (Å²) in [6.45, 7) is 5.65. The molecule has 0 unspecified atom stereocenters. The highest BCUT2D eigenvalue weighted by Crippen LogP contribution is 2.50. The Morgan fingerprint density at radius 2 is 1.97 bits per heavy atom. The van der Waals surface area contributed by atoms with Crippen molar-refractivity contribution in [1.82, 2.24) is 20.8 Å². The number of aromatic nitrogens is 2. The number of morpholine rings is 1. The number of hydrogen-bond acceptors (Lipinski definition) is 9. The first-order valence-corrected chi connectivity index (χ1v) is 11.7. The van der Waals surface area contributed by atoms with E-state index in [0.717, 1.165) is 10.6 Å². The minimum Gasteiger partial charge on any atom is -0.372 e. The molecule has 3 aromatic rings. The quantitative estimate of drug-likeness (QED) is 0.503. The summed E-state index contributed by atoms with van der Waals surface area (Å²) in [5.74, 6) is -2.06. The average molecular weight is 485 g/mol. The van der Waals surface area contributed by atoms with E-state index in [4.69, 9.17) is 9.26 Å². The number of carbonyl (C=O) groups excluding carboxylic acids is 3. The Balaban J connectivity index is 1.61. The fraction of sp³-hybridized carbons (Fsp3) is 0.409. The Morgan fingerprint density at radius 3 is 2.65 bits per heavy atom. The van der Waals surface area contributed by atoms with Crippen LogP contribution in [0.2, 0.25) is 0 Å². The van der Waals surface area contributed by atoms with Crippen LogP contribution in [0.1, 0.15) is 25.1 Å². The second kappa shape index (κ2) is 7.06. The normalized spacial score (nSPS) is 25.8. The van der Waals surface area contributed by atoms with Gasteiger partial charge in [-0.05, 0) is 32.4 Å². The molecule has 3 atom stereocenters. The smallest absolute Gasteiger partial charge is 0.328 e. The third-order valence-electron chi connectivity index (χ3n) is 6.93. The first-order chi connectivity index (χ1) is 16.2. The van der Waals surface area contributed by atoms with Crippen molar-refractivity contribution >= 4 is 45.8 Å². The number of halogens is 1. The SMILES string of the molecule is Cc1ncsc1-c1noc2c(F)c3c(cc12)CC1(C(=O)NC(=O)NC1=O)[C@@H]1[C@@H](C)O[C@@H](C)CN31. The number of barbiturate groups is 1. The zero-order chi connectivity index (χ0) is 23.9. The van der Waals surface area contributed by atoms with Crippen molar-refractivity contribution < 1.29 is 28.0 Å². The van der Waals surface area contributed by atoms with E-state index in [1.54, 1.807) is 23.4 Å². The van der Waals surface area contributed by atoms with Gasteiger partial charge in [0.05, 0.1) is 45.4 Å². The van der Waals surface area contributed by atoms with Gasteiger partial charge in [0, 0.05) is 13.0 Å². The van der Waals surface area contributed by atoms with Crippen LogP contribution in [0.5, 0.6) is 0 Å². The molecule has 2 saturated heterocycles. The number of nitrogens with zero attached hydrogens (tertiary/aromatic N) is 3. The third kappa shape index (κ3) is 2.66. The summed E-state index contributed by atoms with van der Waals surface area (Å²) in [5.41, 5.74) is 1.87. The number of anilines is 1. The Hall–Kier alpha value is -3.38. The molecule has 10 nitrogen and oxygen atoms in total. The summed E-state index contributed by atoms with van der Waals surface area (Å²) in [6.07, 6.45) is -0.997. The summed E-state index contributed by atoms with van der Waals surface area (Å²) in [7, 11) is 0. The zero-order valence-electron chi connectivity index (χ0n) is 18.5. The summed E-state index contributed by atoms with van der Waals surface area (Å²) in [5, 5.41) is 9.01. The lowest BCUT2D eigenvalue weighted by Crippen LogP contribution is -2.75. The fourth-order valence-corrected chi connectivity index (χ4v) is 6.44. The molecule has 0 radical (unpaired) electrons. The molecular formula is C22H20FN5O5S. The van der Waals surface area contributed by atoms with E-state index >= 15 is 4.39 Å². The Bertz CT molecular complexity index is 1380. The van der Waals surface area contributed by atoms with E-state index in [2.05, 4.69) is 20.8 Å². The van der Waals surface area contributed by atoms with Crippen LogP contribution in [0.4, 0.5) is 14.9 Å². The van der Waals surface area contributed by atoms with Crippen molar-refractivity contribution in [3.63, 3.8) is 0 Å². The van der Waals surface area contributed by atoms with Crippen molar-refractivity contribution in [2.45, 2.75) is 45.4 Å². The molecule has 34 heavy (non-hydrogen) atoms. The maximum Gasteiger partial charge on any atom is 0.328 e. The maximum absolute atomic E-state index is 16.1. The number of nitrogens with one attached hydrogen (secondary N) is 2. The Morgan fingerprint density at radius 1 is 1.24 bits per heavy atom. The number of carbonyl (C=O) groups is 3. The number of aryl methyl sites for hydroxylation is 1. The van der Waals surface area contributed by atoms with E-state index in [9.17, 15) is 14.4 Å². The van der Waals surface area contributed by atoms with Gasteiger partial charge in [0.25, 0.3) is 0 Å². The first-order valence-electron chi connectivity index (χ1n) is 10.8. The zero-order valence-corrected chi connectivity index (χ0v) is 19.3. The molecule has 1 aromatic carbocycles. The van der Waals surface area contributed by atoms with Gasteiger partial charge >= 0.3 is 6.03 Å². The van der Waals surface area contributed by atoms with Gasteiger partial charge in [-0.25, -0.2) is 14.2 Å². The summed E-state index contributed by atoms with van der Waals surface area (Å²) >= 11 is 1.36. The number of fused-ring (bicyclic) bond motifs is 5. The summed E-state index contributed by atoms with van der Waals surface area (Å²) in [6, 6.07) is 0.0140. The lowest BCUT2D eigenvalue weighted by Gasteiger charge is -2.55. The molecule has 6 rings (SSSR count). The number of thiazole rings is 1. The lowest BCUT2D eigenvalue weighted by atomic mass is 9.66. The van der Waals surface area contributed by atoms with Crippen LogP contribution in [-0.4, -0.2) is 52.8 Å². The standard InChI is InChI=1S/C22H20FN5O5S/c1-8-6-28-15-11(4-12-14(17-9(2)24-7-34-17)27-33-16(12)13(15)23)5-22(18(28)10(3)32-8)19(29)25-21(31)26-20(22)30/h4,7-8,10,18H,5-6H2,1-3H3,(H2,25,26,29,30,31)/t8-,10+,18-/m0/s1. The molecule has 5 heterocycles. The predicted octanol–water partition coefficient (Wildman–Crippen LogP) is 2.29. The number of hydrogen-bond donors (Lipinski definition) is 2. The number of ether oxygens (including phenoxy) is 1. The lowest BCUT2D eigenvalue weighted by molar-refractivity contribution is -0.153. The maximum atomic E-state index is 16.1. The van der Waals surface area contributed by atoms with E-state index in [1.807, 2.05) is 13.8 Å². The van der Waals surface area contributed by atoms with Crippen LogP contribution in [0.25, 0.3) is 21.5 Å². The van der Waals surface area contributed by atoms with Crippen LogP contribution in [-0.2, 0) is 20.7 Å². The number of amides is 4. The first kappa shape index (κ1) is 21.2. The number of benzene rings is 1. The van der Waals surface area contributed by atoms with Crippen LogP contribution < -0.4 is 15.5 Å². The minimum absolute atomic E-state index is 0.00391. The van der Waals surface area contributed by atoms with Gasteiger partial charge in [0.15, 0.2) is 11.2 Å². The molecule has 2 N–H and O–H groups in total. The van der Waals surface area contributed by atoms with Gasteiger partial charge < -0.3 is 14.2 Å². The minimum atomic E-state index is -1.68. The number of imide groups is 2. The third-order valence-corrected chi connectivity index (χ3v) is 7.86. The van der Waals surface area contributed by atoms with Crippen LogP contribution in [0, 0.1) is 18.2 Å². The van der Waals surface area contributed by atoms with E-state index in [-0.39, 0.29) is 30.3 Å². The van der Waals surface area contributed by atoms with Gasteiger partial charge in [0.2, 0.25) is 17.4 Å². The molecule has 12 heteroatoms. The largest absolute Gasteiger partial charge is 0.372 e. The molecule has 0 aliphatic carbocycles. The van der Waals surface area contributed by atoms with Gasteiger partial charge in [-0.3, -0.25) is 20.2 Å². The topological polar surface area (TPSA) is 127 Å². The van der Waals surface area contributed by atoms with Crippen molar-refractivity contribution in [3.05, 3.63) is 28.7 Å². The number of rotatable bonds is 1. The van der Waals surface area contributed by atoms with Crippen molar-refractivity contribution in [1.29, 1.82) is 0 Å². The predicted molar refractivity (Wildman–Crippen MR) is 119 cm³/mol. The molecular weight excluding hydrogens is 465 g/mol. The molecule has 0 bridgehead atoms. The molecule has 176 valence electrons. The molecule has 4 amide bonds. The van der Waals surface area contributed by atoms with E-state index < -0.39 is 41.2 Å². The van der Waals surface area contributed by atoms with E-state index in [0.29, 0.717) is 16.6 Å².